The van der Waals surface area contributed by atoms with Crippen LogP contribution in [-0.4, -0.2) is 18.1 Å². The fourth-order valence-corrected chi connectivity index (χ4v) is 6.55. The van der Waals surface area contributed by atoms with Crippen molar-refractivity contribution in [3.63, 3.8) is 0 Å². The van der Waals surface area contributed by atoms with Gasteiger partial charge in [0.15, 0.2) is 0 Å². The molecule has 98 valence electrons. The van der Waals surface area contributed by atoms with Gasteiger partial charge in [0.05, 0.1) is 11.7 Å². The van der Waals surface area contributed by atoms with Gasteiger partial charge in [-0.05, 0) is 42.2 Å². The zero-order valence-corrected chi connectivity index (χ0v) is 12.4. The molecule has 1 nitrogen and oxygen atoms in total. The Morgan fingerprint density at radius 1 is 1.11 bits per heavy atom. The fraction of sp³-hybridized carbons (Fsp3) is 0.600. The number of thioether (sulfide) groups is 2. The van der Waals surface area contributed by atoms with Crippen molar-refractivity contribution in [2.24, 2.45) is 5.92 Å². The van der Waals surface area contributed by atoms with Crippen LogP contribution in [0.5, 0.6) is 5.75 Å². The normalized spacial score (nSPS) is 31.7. The van der Waals surface area contributed by atoms with Crippen LogP contribution in [0, 0.1) is 5.92 Å². The van der Waals surface area contributed by atoms with Crippen LogP contribution in [-0.2, 0) is 0 Å². The first kappa shape index (κ1) is 12.7. The molecule has 0 radical (unpaired) electrons. The molecule has 3 heteroatoms. The van der Waals surface area contributed by atoms with E-state index in [2.05, 4.69) is 47.8 Å². The maximum Gasteiger partial charge on any atom is 0.118 e. The summed E-state index contributed by atoms with van der Waals surface area (Å²) in [4.78, 5) is 0. The van der Waals surface area contributed by atoms with Crippen molar-refractivity contribution in [1.29, 1.82) is 0 Å². The van der Waals surface area contributed by atoms with Crippen LogP contribution >= 0.6 is 23.5 Å². The van der Waals surface area contributed by atoms with Gasteiger partial charge in [-0.2, -0.15) is 0 Å². The number of ether oxygens (including phenoxy) is 1. The van der Waals surface area contributed by atoms with Gasteiger partial charge in [-0.25, -0.2) is 0 Å². The van der Waals surface area contributed by atoms with Crippen molar-refractivity contribution < 1.29 is 4.74 Å². The molecular weight excluding hydrogens is 260 g/mol. The summed E-state index contributed by atoms with van der Waals surface area (Å²) in [6, 6.07) is 8.63. The number of rotatable bonds is 2. The quantitative estimate of drug-likeness (QED) is 0.775. The van der Waals surface area contributed by atoms with E-state index in [1.54, 1.807) is 7.11 Å². The second kappa shape index (κ2) is 5.79. The highest BCUT2D eigenvalue weighted by atomic mass is 32.2. The smallest absolute Gasteiger partial charge is 0.118 e. The molecule has 2 aliphatic rings. The molecule has 1 aliphatic carbocycles. The van der Waals surface area contributed by atoms with Crippen LogP contribution in [0.2, 0.25) is 0 Å². The molecule has 0 spiro atoms. The Labute approximate surface area is 118 Å². The molecule has 1 aliphatic heterocycles. The van der Waals surface area contributed by atoms with E-state index >= 15 is 0 Å². The molecule has 0 amide bonds. The Balaban J connectivity index is 1.69. The molecule has 0 unspecified atom stereocenters. The molecule has 1 saturated heterocycles. The number of hydrogen-bond acceptors (Lipinski definition) is 3. The van der Waals surface area contributed by atoms with Gasteiger partial charge in [-0.3, -0.25) is 0 Å². The summed E-state index contributed by atoms with van der Waals surface area (Å²) in [6.07, 6.45) is 5.78. The Morgan fingerprint density at radius 2 is 1.89 bits per heavy atom. The summed E-state index contributed by atoms with van der Waals surface area (Å²) >= 11 is 4.34. The lowest BCUT2D eigenvalue weighted by molar-refractivity contribution is 0.401. The molecule has 0 aromatic heterocycles. The van der Waals surface area contributed by atoms with Crippen LogP contribution in [0.3, 0.4) is 0 Å². The van der Waals surface area contributed by atoms with Crippen LogP contribution in [0.15, 0.2) is 24.3 Å². The minimum Gasteiger partial charge on any atom is -0.497 e. The second-order valence-electron chi connectivity index (χ2n) is 5.16. The van der Waals surface area contributed by atoms with Crippen molar-refractivity contribution in [2.75, 3.05) is 12.9 Å². The highest BCUT2D eigenvalue weighted by Crippen LogP contribution is 2.52. The first-order valence-electron chi connectivity index (χ1n) is 6.78. The second-order valence-corrected chi connectivity index (χ2v) is 7.94. The Bertz CT molecular complexity index is 390. The molecule has 1 aromatic rings. The first-order chi connectivity index (χ1) is 8.86. The van der Waals surface area contributed by atoms with E-state index < -0.39 is 0 Å². The van der Waals surface area contributed by atoms with Gasteiger partial charge in [0.25, 0.3) is 0 Å². The Kier molecular flexibility index (Phi) is 4.10. The predicted molar refractivity (Wildman–Crippen MR) is 81.5 cm³/mol. The summed E-state index contributed by atoms with van der Waals surface area (Å²) in [5.41, 5.74) is 1.45. The maximum absolute atomic E-state index is 5.23. The molecule has 18 heavy (non-hydrogen) atoms. The van der Waals surface area contributed by atoms with Crippen LogP contribution in [0.1, 0.15) is 35.8 Å². The number of methoxy groups -OCH3 is 1. The molecule has 1 heterocycles. The Morgan fingerprint density at radius 3 is 2.67 bits per heavy atom. The van der Waals surface area contributed by atoms with E-state index in [1.807, 2.05) is 0 Å². The molecule has 3 rings (SSSR count). The van der Waals surface area contributed by atoms with Crippen LogP contribution < -0.4 is 4.74 Å². The highest BCUT2D eigenvalue weighted by molar-refractivity contribution is 8.17. The first-order valence-corrected chi connectivity index (χ1v) is 8.77. The average Bonchev–Trinajstić information content (AvgIpc) is 2.47. The fourth-order valence-electron chi connectivity index (χ4n) is 2.89. The van der Waals surface area contributed by atoms with Crippen molar-refractivity contribution in [3.05, 3.63) is 29.8 Å². The predicted octanol–water partition coefficient (Wildman–Crippen LogP) is 4.73. The van der Waals surface area contributed by atoms with Gasteiger partial charge in [0.1, 0.15) is 5.75 Å². The molecule has 1 aromatic carbocycles. The summed E-state index contributed by atoms with van der Waals surface area (Å²) in [6.45, 7) is 0. The molecule has 0 N–H and O–H groups in total. The van der Waals surface area contributed by atoms with Crippen LogP contribution in [0.25, 0.3) is 0 Å². The zero-order valence-electron chi connectivity index (χ0n) is 10.8. The zero-order chi connectivity index (χ0) is 12.4. The van der Waals surface area contributed by atoms with E-state index in [-0.39, 0.29) is 0 Å². The summed E-state index contributed by atoms with van der Waals surface area (Å²) < 4.78 is 5.86. The van der Waals surface area contributed by atoms with E-state index in [0.29, 0.717) is 4.58 Å². The molecule has 2 fully saturated rings. The third kappa shape index (κ3) is 2.67. The standard InChI is InChI=1S/C15H20OS2/c1-16-13-8-6-11(7-9-13)15-17-10-12-4-2-3-5-14(12)18-15/h6-9,12,14-15H,2-5,10H2,1H3/t12-,14+,15+/m1/s1. The van der Waals surface area contributed by atoms with Gasteiger partial charge < -0.3 is 4.74 Å². The summed E-state index contributed by atoms with van der Waals surface area (Å²) in [7, 11) is 1.73. The number of benzene rings is 1. The van der Waals surface area contributed by atoms with E-state index in [1.165, 1.54) is 37.0 Å². The SMILES string of the molecule is COc1ccc([C@H]2SC[C@H]3CCCC[C@@H]3S2)cc1. The van der Waals surface area contributed by atoms with Gasteiger partial charge >= 0.3 is 0 Å². The lowest BCUT2D eigenvalue weighted by Gasteiger charge is -2.38. The van der Waals surface area contributed by atoms with Crippen molar-refractivity contribution in [1.82, 2.24) is 0 Å². The van der Waals surface area contributed by atoms with Crippen molar-refractivity contribution in [2.45, 2.75) is 35.5 Å². The molecule has 3 atom stereocenters. The minimum absolute atomic E-state index is 0.634. The Hall–Kier alpha value is -0.280. The van der Waals surface area contributed by atoms with E-state index in [9.17, 15) is 0 Å². The molecular formula is C15H20OS2. The van der Waals surface area contributed by atoms with Gasteiger partial charge in [-0.15, -0.1) is 23.5 Å². The summed E-state index contributed by atoms with van der Waals surface area (Å²) in [5, 5.41) is 0.909. The molecule has 0 bridgehead atoms. The third-order valence-corrected chi connectivity index (χ3v) is 7.41. The van der Waals surface area contributed by atoms with E-state index in [4.69, 9.17) is 4.74 Å². The third-order valence-electron chi connectivity index (χ3n) is 3.99. The average molecular weight is 280 g/mol. The number of hydrogen-bond donors (Lipinski definition) is 0. The minimum atomic E-state index is 0.634. The topological polar surface area (TPSA) is 9.23 Å². The van der Waals surface area contributed by atoms with Crippen molar-refractivity contribution >= 4 is 23.5 Å². The largest absolute Gasteiger partial charge is 0.497 e. The van der Waals surface area contributed by atoms with Gasteiger partial charge in [0, 0.05) is 5.25 Å². The lowest BCUT2D eigenvalue weighted by Crippen LogP contribution is -2.28. The lowest BCUT2D eigenvalue weighted by atomic mass is 9.90. The summed E-state index contributed by atoms with van der Waals surface area (Å²) in [5.74, 6) is 3.29. The van der Waals surface area contributed by atoms with Gasteiger partial charge in [-0.1, -0.05) is 25.0 Å². The van der Waals surface area contributed by atoms with Crippen LogP contribution in [0.4, 0.5) is 0 Å². The molecule has 1 saturated carbocycles. The highest BCUT2D eigenvalue weighted by Gasteiger charge is 2.33. The van der Waals surface area contributed by atoms with E-state index in [0.717, 1.165) is 16.9 Å². The maximum atomic E-state index is 5.23. The number of fused-ring (bicyclic) bond motifs is 1. The monoisotopic (exact) mass is 280 g/mol. The van der Waals surface area contributed by atoms with Crippen molar-refractivity contribution in [3.8, 4) is 5.75 Å². The van der Waals surface area contributed by atoms with Gasteiger partial charge in [0.2, 0.25) is 0 Å².